The molecule has 0 spiro atoms. The average molecular weight is 222 g/mol. The highest BCUT2D eigenvalue weighted by molar-refractivity contribution is 5.73. The molecule has 1 aliphatic rings. The van der Waals surface area contributed by atoms with Gasteiger partial charge in [-0.15, -0.1) is 0 Å². The molecule has 0 aliphatic carbocycles. The number of aliphatic hydroxyl groups excluding tert-OH is 4. The van der Waals surface area contributed by atoms with Gasteiger partial charge in [-0.2, -0.15) is 0 Å². The summed E-state index contributed by atoms with van der Waals surface area (Å²) < 4.78 is 4.81. The van der Waals surface area contributed by atoms with Crippen LogP contribution >= 0.6 is 0 Å². The van der Waals surface area contributed by atoms with Gasteiger partial charge in [0, 0.05) is 6.92 Å². The lowest BCUT2D eigenvalue weighted by Gasteiger charge is -2.40. The molecule has 1 amide bonds. The van der Waals surface area contributed by atoms with Gasteiger partial charge in [-0.3, -0.25) is 4.79 Å². The Morgan fingerprint density at radius 1 is 1.33 bits per heavy atom. The van der Waals surface area contributed by atoms with Crippen LogP contribution in [0.2, 0.25) is 0 Å². The average Bonchev–Trinajstić information content (AvgIpc) is 2.18. The summed E-state index contributed by atoms with van der Waals surface area (Å²) in [5.41, 5.74) is 0. The van der Waals surface area contributed by atoms with Crippen molar-refractivity contribution >= 4 is 5.91 Å². The molecule has 0 aromatic heterocycles. The first-order chi connectivity index (χ1) is 6.97. The van der Waals surface area contributed by atoms with Crippen molar-refractivity contribution in [1.29, 1.82) is 0 Å². The number of nitrogens with one attached hydrogen (secondary N) is 1. The molecule has 1 aliphatic heterocycles. The van der Waals surface area contributed by atoms with Gasteiger partial charge in [0.1, 0.15) is 24.4 Å². The van der Waals surface area contributed by atoms with E-state index in [0.29, 0.717) is 0 Å². The molecule has 88 valence electrons. The molecular formula is C8H15NO6. The molecule has 1 heterocycles. The molecule has 1 fully saturated rings. The van der Waals surface area contributed by atoms with E-state index in [4.69, 9.17) is 9.84 Å². The van der Waals surface area contributed by atoms with Crippen LogP contribution < -0.4 is 5.32 Å². The monoisotopic (exact) mass is 222 g/mol. The zero-order valence-corrected chi connectivity index (χ0v) is 8.20. The van der Waals surface area contributed by atoms with Crippen LogP contribution in [0.4, 0.5) is 0 Å². The lowest BCUT2D eigenvalue weighted by Crippen LogP contribution is -2.63. The maximum absolute atomic E-state index is 10.7. The molecule has 15 heavy (non-hydrogen) atoms. The lowest BCUT2D eigenvalue weighted by molar-refractivity contribution is -0.253. The van der Waals surface area contributed by atoms with Gasteiger partial charge >= 0.3 is 0 Å². The van der Waals surface area contributed by atoms with E-state index in [2.05, 4.69) is 5.32 Å². The van der Waals surface area contributed by atoms with Crippen molar-refractivity contribution in [2.45, 2.75) is 37.6 Å². The van der Waals surface area contributed by atoms with E-state index in [9.17, 15) is 20.1 Å². The number of ether oxygens (including phenoxy) is 1. The van der Waals surface area contributed by atoms with E-state index >= 15 is 0 Å². The standard InChI is InChI=1S/C8H15NO6/c1-3(11)9-5-7(13)6(12)4(2-10)15-8(5)14/h4-8,10,12-14H,2H2,1H3,(H,9,11)/t4-,5-,6-,7-,8?/m1/s1/i5+1. The van der Waals surface area contributed by atoms with E-state index in [1.165, 1.54) is 6.92 Å². The molecule has 1 rings (SSSR count). The van der Waals surface area contributed by atoms with Crippen molar-refractivity contribution in [3.05, 3.63) is 0 Å². The molecule has 5 atom stereocenters. The zero-order chi connectivity index (χ0) is 11.6. The number of rotatable bonds is 2. The summed E-state index contributed by atoms with van der Waals surface area (Å²) in [6.07, 6.45) is -5.24. The SMILES string of the molecule is CC(=O)N[13C@H]1C(O)O[C@H](CO)[C@@H](O)[C@@H]1O. The van der Waals surface area contributed by atoms with E-state index in [1.54, 1.807) is 0 Å². The normalized spacial score (nSPS) is 41.3. The molecule has 5 N–H and O–H groups in total. The van der Waals surface area contributed by atoms with Gasteiger partial charge < -0.3 is 30.5 Å². The Labute approximate surface area is 86.3 Å². The summed E-state index contributed by atoms with van der Waals surface area (Å²) >= 11 is 0. The summed E-state index contributed by atoms with van der Waals surface area (Å²) in [7, 11) is 0. The molecule has 7 nitrogen and oxygen atoms in total. The van der Waals surface area contributed by atoms with E-state index in [1.807, 2.05) is 0 Å². The van der Waals surface area contributed by atoms with Crippen LogP contribution in [-0.2, 0) is 9.53 Å². The summed E-state index contributed by atoms with van der Waals surface area (Å²) in [5, 5.41) is 39.4. The molecule has 1 saturated heterocycles. The highest BCUT2D eigenvalue weighted by Gasteiger charge is 2.43. The van der Waals surface area contributed by atoms with Gasteiger partial charge in [-0.25, -0.2) is 0 Å². The van der Waals surface area contributed by atoms with Crippen LogP contribution in [0.3, 0.4) is 0 Å². The lowest BCUT2D eigenvalue weighted by atomic mass is 10.1. The van der Waals surface area contributed by atoms with Crippen LogP contribution in [0, 0.1) is 0 Å². The highest BCUT2D eigenvalue weighted by atomic mass is 16.6. The first-order valence-corrected chi connectivity index (χ1v) is 4.55. The third-order valence-corrected chi connectivity index (χ3v) is 2.27. The Kier molecular flexibility index (Phi) is 4.00. The maximum atomic E-state index is 10.7. The quantitative estimate of drug-likeness (QED) is 0.316. The second kappa shape index (κ2) is 4.86. The topological polar surface area (TPSA) is 119 Å². The molecule has 0 radical (unpaired) electrons. The number of amides is 1. The maximum Gasteiger partial charge on any atom is 0.217 e. The second-order valence-electron chi connectivity index (χ2n) is 3.46. The Hall–Kier alpha value is -0.730. The summed E-state index contributed by atoms with van der Waals surface area (Å²) in [4.78, 5) is 10.7. The van der Waals surface area contributed by atoms with Crippen LogP contribution in [-0.4, -0.2) is 63.6 Å². The van der Waals surface area contributed by atoms with E-state index in [0.717, 1.165) is 0 Å². The molecule has 0 aromatic carbocycles. The van der Waals surface area contributed by atoms with Crippen molar-refractivity contribution in [2.24, 2.45) is 0 Å². The predicted molar refractivity (Wildman–Crippen MR) is 47.6 cm³/mol. The fourth-order valence-corrected chi connectivity index (χ4v) is 1.49. The minimum atomic E-state index is -1.45. The minimum absolute atomic E-state index is 0.462. The number of hydrogen-bond acceptors (Lipinski definition) is 6. The number of hydrogen-bond donors (Lipinski definition) is 5. The third-order valence-electron chi connectivity index (χ3n) is 2.27. The van der Waals surface area contributed by atoms with Crippen molar-refractivity contribution in [3.63, 3.8) is 0 Å². The summed E-state index contributed by atoms with van der Waals surface area (Å²) in [6, 6.07) is -1.10. The Balaban J connectivity index is 2.70. The van der Waals surface area contributed by atoms with Gasteiger partial charge in [0.2, 0.25) is 5.91 Å². The van der Waals surface area contributed by atoms with Crippen LogP contribution in [0.1, 0.15) is 6.92 Å². The fraction of sp³-hybridized carbons (Fsp3) is 0.875. The highest BCUT2D eigenvalue weighted by Crippen LogP contribution is 2.19. The molecule has 0 bridgehead atoms. The van der Waals surface area contributed by atoms with Crippen molar-refractivity contribution in [1.82, 2.24) is 5.32 Å². The number of carbonyl (C=O) groups excluding carboxylic acids is 1. The predicted octanol–water partition coefficient (Wildman–Crippen LogP) is -3.08. The van der Waals surface area contributed by atoms with Crippen molar-refractivity contribution in [3.8, 4) is 0 Å². The Bertz CT molecular complexity index is 235. The van der Waals surface area contributed by atoms with Crippen molar-refractivity contribution in [2.75, 3.05) is 6.61 Å². The number of aliphatic hydroxyl groups is 4. The van der Waals surface area contributed by atoms with Gasteiger partial charge in [0.25, 0.3) is 0 Å². The molecule has 1 unspecified atom stereocenters. The van der Waals surface area contributed by atoms with Gasteiger partial charge in [0.15, 0.2) is 6.29 Å². The summed E-state index contributed by atoms with van der Waals surface area (Å²) in [6.45, 7) is 0.687. The molecular weight excluding hydrogens is 207 g/mol. The van der Waals surface area contributed by atoms with Gasteiger partial charge in [0.05, 0.1) is 6.61 Å². The van der Waals surface area contributed by atoms with E-state index in [-0.39, 0.29) is 0 Å². The second-order valence-corrected chi connectivity index (χ2v) is 3.46. The zero-order valence-electron chi connectivity index (χ0n) is 8.20. The largest absolute Gasteiger partial charge is 0.394 e. The van der Waals surface area contributed by atoms with Crippen LogP contribution in [0.5, 0.6) is 0 Å². The van der Waals surface area contributed by atoms with Gasteiger partial charge in [-0.1, -0.05) is 0 Å². The fourth-order valence-electron chi connectivity index (χ4n) is 1.49. The van der Waals surface area contributed by atoms with Gasteiger partial charge in [-0.05, 0) is 0 Å². The molecule has 0 saturated carbocycles. The Morgan fingerprint density at radius 2 is 1.93 bits per heavy atom. The number of carbonyl (C=O) groups is 1. The smallest absolute Gasteiger partial charge is 0.217 e. The third kappa shape index (κ3) is 2.64. The minimum Gasteiger partial charge on any atom is -0.394 e. The first kappa shape index (κ1) is 12.3. The Morgan fingerprint density at radius 3 is 2.40 bits per heavy atom. The van der Waals surface area contributed by atoms with Crippen LogP contribution in [0.15, 0.2) is 0 Å². The summed E-state index contributed by atoms with van der Waals surface area (Å²) in [5.74, 6) is -0.462. The molecule has 0 aromatic rings. The van der Waals surface area contributed by atoms with Crippen LogP contribution in [0.25, 0.3) is 0 Å². The van der Waals surface area contributed by atoms with Crippen molar-refractivity contribution < 1.29 is 30.0 Å². The van der Waals surface area contributed by atoms with E-state index < -0.39 is 43.2 Å². The first-order valence-electron chi connectivity index (χ1n) is 4.55. The molecule has 7 heteroatoms.